The second-order valence-electron chi connectivity index (χ2n) is 9.16. The highest BCUT2D eigenvalue weighted by atomic mass is 79.9. The molecular weight excluding hydrogens is 582 g/mol. The molecule has 2 amide bonds. The highest BCUT2D eigenvalue weighted by Crippen LogP contribution is 2.23. The predicted molar refractivity (Wildman–Crippen MR) is 157 cm³/mol. The molecule has 0 bridgehead atoms. The van der Waals surface area contributed by atoms with Crippen LogP contribution in [0.3, 0.4) is 0 Å². The largest absolute Gasteiger partial charge is 0.489 e. The molecule has 0 unspecified atom stereocenters. The van der Waals surface area contributed by atoms with Gasteiger partial charge in [-0.05, 0) is 60.9 Å². The lowest BCUT2D eigenvalue weighted by molar-refractivity contribution is -0.139. The van der Waals surface area contributed by atoms with Gasteiger partial charge in [-0.2, -0.15) is 0 Å². The number of ether oxygens (including phenoxy) is 1. The summed E-state index contributed by atoms with van der Waals surface area (Å²) in [5.41, 5.74) is 2.13. The minimum atomic E-state index is -3.82. The third-order valence-electron chi connectivity index (χ3n) is 6.01. The Morgan fingerprint density at radius 3 is 2.26 bits per heavy atom. The molecule has 3 aromatic carbocycles. The van der Waals surface area contributed by atoms with Crippen molar-refractivity contribution in [3.05, 3.63) is 94.5 Å². The van der Waals surface area contributed by atoms with Gasteiger partial charge in [0.05, 0.1) is 11.9 Å². The average molecular weight is 617 g/mol. The Labute approximate surface area is 239 Å². The fraction of sp³-hybridized carbons (Fsp3) is 0.310. The molecule has 0 aromatic heterocycles. The third-order valence-corrected chi connectivity index (χ3v) is 7.64. The van der Waals surface area contributed by atoms with Crippen molar-refractivity contribution >= 4 is 43.5 Å². The molecule has 0 aliphatic heterocycles. The van der Waals surface area contributed by atoms with Crippen LogP contribution in [-0.4, -0.2) is 50.5 Å². The fourth-order valence-electron chi connectivity index (χ4n) is 3.87. The van der Waals surface area contributed by atoms with Gasteiger partial charge in [-0.3, -0.25) is 13.9 Å². The van der Waals surface area contributed by atoms with Crippen LogP contribution in [0.25, 0.3) is 0 Å². The van der Waals surface area contributed by atoms with Crippen LogP contribution in [0.2, 0.25) is 0 Å². The molecule has 0 heterocycles. The predicted octanol–water partition coefficient (Wildman–Crippen LogP) is 4.74. The lowest BCUT2D eigenvalue weighted by Crippen LogP contribution is -2.51. The van der Waals surface area contributed by atoms with Gasteiger partial charge in [0.25, 0.3) is 0 Å². The second kappa shape index (κ2) is 14.1. The van der Waals surface area contributed by atoms with Gasteiger partial charge in [0, 0.05) is 17.6 Å². The standard InChI is InChI=1S/C29H34BrN3O5S/c1-4-17-31-29(35)22(2)32(19-24-11-8-12-25(30)18-24)28(34)20-33(39(3,36)37)26-13-15-27(16-14-26)38-21-23-9-6-5-7-10-23/h5-16,18,22H,4,17,19-21H2,1-3H3,(H,31,35)/t22-/m0/s1. The Kier molecular flexibility index (Phi) is 10.9. The number of hydrogen-bond acceptors (Lipinski definition) is 5. The highest BCUT2D eigenvalue weighted by Gasteiger charge is 2.30. The Bertz CT molecular complexity index is 1350. The topological polar surface area (TPSA) is 96.0 Å². The van der Waals surface area contributed by atoms with Crippen molar-refractivity contribution in [1.29, 1.82) is 0 Å². The van der Waals surface area contributed by atoms with Gasteiger partial charge in [0.15, 0.2) is 0 Å². The number of benzene rings is 3. The van der Waals surface area contributed by atoms with Crippen molar-refractivity contribution < 1.29 is 22.7 Å². The molecule has 1 atom stereocenters. The zero-order valence-corrected chi connectivity index (χ0v) is 24.7. The van der Waals surface area contributed by atoms with E-state index in [2.05, 4.69) is 21.2 Å². The minimum Gasteiger partial charge on any atom is -0.489 e. The van der Waals surface area contributed by atoms with Crippen molar-refractivity contribution in [3.63, 3.8) is 0 Å². The average Bonchev–Trinajstić information content (AvgIpc) is 2.92. The van der Waals surface area contributed by atoms with Crippen molar-refractivity contribution in [2.75, 3.05) is 23.7 Å². The first-order valence-corrected chi connectivity index (χ1v) is 15.3. The van der Waals surface area contributed by atoms with Crippen LogP contribution in [0.15, 0.2) is 83.3 Å². The molecule has 3 aromatic rings. The SMILES string of the molecule is CCCNC(=O)[C@H](C)N(Cc1cccc(Br)c1)C(=O)CN(c1ccc(OCc2ccccc2)cc1)S(C)(=O)=O. The fourth-order valence-corrected chi connectivity index (χ4v) is 5.17. The Balaban J connectivity index is 1.81. The van der Waals surface area contributed by atoms with Gasteiger partial charge < -0.3 is 15.0 Å². The second-order valence-corrected chi connectivity index (χ2v) is 12.0. The quantitative estimate of drug-likeness (QED) is 0.300. The minimum absolute atomic E-state index is 0.142. The number of amides is 2. The van der Waals surface area contributed by atoms with Crippen molar-refractivity contribution in [2.24, 2.45) is 0 Å². The van der Waals surface area contributed by atoms with Crippen molar-refractivity contribution in [2.45, 2.75) is 39.5 Å². The van der Waals surface area contributed by atoms with E-state index in [-0.39, 0.29) is 12.5 Å². The maximum absolute atomic E-state index is 13.6. The zero-order chi connectivity index (χ0) is 28.4. The van der Waals surface area contributed by atoms with Gasteiger partial charge in [-0.25, -0.2) is 8.42 Å². The summed E-state index contributed by atoms with van der Waals surface area (Å²) in [7, 11) is -3.82. The number of carbonyl (C=O) groups is 2. The summed E-state index contributed by atoms with van der Waals surface area (Å²) in [5.74, 6) is -0.227. The molecule has 3 rings (SSSR count). The number of hydrogen-bond donors (Lipinski definition) is 1. The van der Waals surface area contributed by atoms with Gasteiger partial charge >= 0.3 is 0 Å². The molecule has 0 aliphatic rings. The Morgan fingerprint density at radius 2 is 1.64 bits per heavy atom. The maximum atomic E-state index is 13.6. The van der Waals surface area contributed by atoms with E-state index < -0.39 is 28.5 Å². The summed E-state index contributed by atoms with van der Waals surface area (Å²) in [5, 5.41) is 2.82. The molecule has 1 N–H and O–H groups in total. The smallest absolute Gasteiger partial charge is 0.244 e. The highest BCUT2D eigenvalue weighted by molar-refractivity contribution is 9.10. The normalized spacial score (nSPS) is 11.9. The van der Waals surface area contributed by atoms with Gasteiger partial charge in [-0.1, -0.05) is 65.3 Å². The van der Waals surface area contributed by atoms with E-state index in [1.165, 1.54) is 4.90 Å². The molecule has 39 heavy (non-hydrogen) atoms. The number of carbonyl (C=O) groups excluding carboxylic acids is 2. The molecule has 0 aliphatic carbocycles. The maximum Gasteiger partial charge on any atom is 0.244 e. The Morgan fingerprint density at radius 1 is 0.974 bits per heavy atom. The van der Waals surface area contributed by atoms with Gasteiger partial charge in [0.1, 0.15) is 24.9 Å². The van der Waals surface area contributed by atoms with Crippen LogP contribution in [0.1, 0.15) is 31.4 Å². The first-order valence-electron chi connectivity index (χ1n) is 12.6. The van der Waals surface area contributed by atoms with Crippen LogP contribution in [0.5, 0.6) is 5.75 Å². The van der Waals surface area contributed by atoms with Gasteiger partial charge in [0.2, 0.25) is 21.8 Å². The molecule has 0 radical (unpaired) electrons. The molecular formula is C29H34BrN3O5S. The van der Waals surface area contributed by atoms with Crippen LogP contribution in [0.4, 0.5) is 5.69 Å². The number of nitrogens with zero attached hydrogens (tertiary/aromatic N) is 2. The zero-order valence-electron chi connectivity index (χ0n) is 22.3. The van der Waals surface area contributed by atoms with E-state index in [0.717, 1.165) is 32.6 Å². The molecule has 10 heteroatoms. The first kappa shape index (κ1) is 30.2. The van der Waals surface area contributed by atoms with Crippen LogP contribution in [0, 0.1) is 0 Å². The first-order chi connectivity index (χ1) is 18.6. The molecule has 0 saturated heterocycles. The third kappa shape index (κ3) is 9.11. The van der Waals surface area contributed by atoms with Crippen molar-refractivity contribution in [3.8, 4) is 5.75 Å². The van der Waals surface area contributed by atoms with E-state index in [0.29, 0.717) is 24.6 Å². The van der Waals surface area contributed by atoms with E-state index in [1.54, 1.807) is 31.2 Å². The summed E-state index contributed by atoms with van der Waals surface area (Å²) in [6, 6.07) is 22.8. The van der Waals surface area contributed by atoms with E-state index in [4.69, 9.17) is 4.74 Å². The summed E-state index contributed by atoms with van der Waals surface area (Å²) in [6.45, 7) is 4.13. The summed E-state index contributed by atoms with van der Waals surface area (Å²) in [4.78, 5) is 27.8. The molecule has 8 nitrogen and oxygen atoms in total. The lowest BCUT2D eigenvalue weighted by atomic mass is 10.1. The molecule has 0 fully saturated rings. The monoisotopic (exact) mass is 615 g/mol. The van der Waals surface area contributed by atoms with E-state index in [9.17, 15) is 18.0 Å². The summed E-state index contributed by atoms with van der Waals surface area (Å²) < 4.78 is 33.2. The van der Waals surface area contributed by atoms with E-state index in [1.807, 2.05) is 61.5 Å². The number of rotatable bonds is 13. The van der Waals surface area contributed by atoms with Crippen molar-refractivity contribution in [1.82, 2.24) is 10.2 Å². The van der Waals surface area contributed by atoms with Crippen LogP contribution in [-0.2, 0) is 32.8 Å². The Hall–Kier alpha value is -3.37. The van der Waals surface area contributed by atoms with Crippen LogP contribution < -0.4 is 14.4 Å². The van der Waals surface area contributed by atoms with E-state index >= 15 is 0 Å². The summed E-state index contributed by atoms with van der Waals surface area (Å²) in [6.07, 6.45) is 1.81. The molecule has 0 spiro atoms. The summed E-state index contributed by atoms with van der Waals surface area (Å²) >= 11 is 3.44. The van der Waals surface area contributed by atoms with Crippen LogP contribution >= 0.6 is 15.9 Å². The number of sulfonamides is 1. The lowest BCUT2D eigenvalue weighted by Gasteiger charge is -2.31. The molecule has 0 saturated carbocycles. The number of halogens is 1. The molecule has 208 valence electrons. The van der Waals surface area contributed by atoms with Gasteiger partial charge in [-0.15, -0.1) is 0 Å². The number of nitrogens with one attached hydrogen (secondary N) is 1. The number of anilines is 1.